The van der Waals surface area contributed by atoms with Crippen LogP contribution in [-0.2, 0) is 28.9 Å². The number of fused-ring (bicyclic) bond motifs is 1. The summed E-state index contributed by atoms with van der Waals surface area (Å²) >= 11 is 0. The second kappa shape index (κ2) is 11.9. The number of hydrogen-bond acceptors (Lipinski definition) is 7. The second-order valence-corrected chi connectivity index (χ2v) is 10.2. The van der Waals surface area contributed by atoms with Crippen molar-refractivity contribution >= 4 is 33.6 Å². The fourth-order valence-electron chi connectivity index (χ4n) is 4.12. The first-order chi connectivity index (χ1) is 17.8. The van der Waals surface area contributed by atoms with E-state index in [9.17, 15) is 13.8 Å². The summed E-state index contributed by atoms with van der Waals surface area (Å²) in [6.45, 7) is 3.73. The predicted molar refractivity (Wildman–Crippen MR) is 143 cm³/mol. The van der Waals surface area contributed by atoms with Crippen LogP contribution in [-0.4, -0.2) is 58.5 Å². The Balaban J connectivity index is 0.000000195. The number of rotatable bonds is 6. The second-order valence-electron chi connectivity index (χ2n) is 8.79. The Hall–Kier alpha value is -3.90. The maximum atomic E-state index is 12.0. The van der Waals surface area contributed by atoms with Crippen LogP contribution in [0.3, 0.4) is 0 Å². The van der Waals surface area contributed by atoms with Crippen molar-refractivity contribution < 1.29 is 9.00 Å². The number of nitrogen functional groups attached to an aromatic ring is 1. The molecule has 1 amide bonds. The first-order valence-corrected chi connectivity index (χ1v) is 13.3. The molecule has 0 radical (unpaired) electrons. The van der Waals surface area contributed by atoms with Crippen molar-refractivity contribution in [2.24, 2.45) is 0 Å². The molecule has 5 rings (SSSR count). The maximum Gasteiger partial charge on any atom is 0.293 e. The van der Waals surface area contributed by atoms with Crippen LogP contribution in [0.2, 0.25) is 0 Å². The molecule has 1 aliphatic heterocycles. The zero-order chi connectivity index (χ0) is 26.4. The molecule has 1 aromatic carbocycles. The standard InChI is InChI=1S/C14H15N7O2.C11H15NOS/c1-8-3-18-13(15)14(23)21(8)7-12(22)17-5-10-2-9-4-19-20-11(9)6-16-10;1-14(13)12-8-7-11(9-12)10-5-3-2-4-6-10/h2-4,6H,5,7H2,1H3,(H2,15,18)(H,17,22)(H,19,20);2-6,11H,7-9H2,1H3/t;11-,14?/m.1/s1. The van der Waals surface area contributed by atoms with Crippen molar-refractivity contribution in [3.05, 3.63) is 82.3 Å². The fraction of sp³-hybridized carbons (Fsp3) is 0.320. The number of nitrogens with one attached hydrogen (secondary N) is 2. The molecule has 11 nitrogen and oxygen atoms in total. The molecule has 1 fully saturated rings. The smallest absolute Gasteiger partial charge is 0.293 e. The molecule has 1 saturated heterocycles. The minimum Gasteiger partial charge on any atom is -0.379 e. The molecule has 0 saturated carbocycles. The molecule has 4 heterocycles. The number of aryl methyl sites for hydroxylation is 1. The summed E-state index contributed by atoms with van der Waals surface area (Å²) < 4.78 is 14.6. The summed E-state index contributed by atoms with van der Waals surface area (Å²) in [5, 5.41) is 10.4. The number of H-pyrrole nitrogens is 1. The number of benzene rings is 1. The summed E-state index contributed by atoms with van der Waals surface area (Å²) in [6.07, 6.45) is 7.68. The van der Waals surface area contributed by atoms with E-state index in [1.165, 1.54) is 16.3 Å². The third-order valence-corrected chi connectivity index (χ3v) is 7.27. The third kappa shape index (κ3) is 6.66. The van der Waals surface area contributed by atoms with Crippen LogP contribution in [0.1, 0.15) is 29.3 Å². The Morgan fingerprint density at radius 1 is 1.22 bits per heavy atom. The number of carbonyl (C=O) groups is 1. The zero-order valence-corrected chi connectivity index (χ0v) is 21.6. The van der Waals surface area contributed by atoms with Gasteiger partial charge in [-0.25, -0.2) is 13.5 Å². The summed E-state index contributed by atoms with van der Waals surface area (Å²) in [6, 6.07) is 12.3. The van der Waals surface area contributed by atoms with Gasteiger partial charge in [0.05, 0.1) is 41.1 Å². The fourth-order valence-corrected chi connectivity index (χ4v) is 4.87. The lowest BCUT2D eigenvalue weighted by Gasteiger charge is -2.12. The molecule has 0 aliphatic carbocycles. The molecule has 3 aromatic heterocycles. The Labute approximate surface area is 216 Å². The summed E-state index contributed by atoms with van der Waals surface area (Å²) in [4.78, 5) is 31.9. The number of pyridine rings is 1. The molecule has 0 spiro atoms. The third-order valence-electron chi connectivity index (χ3n) is 6.22. The van der Waals surface area contributed by atoms with E-state index in [4.69, 9.17) is 5.73 Å². The first kappa shape index (κ1) is 26.2. The molecule has 37 heavy (non-hydrogen) atoms. The average molecular weight is 523 g/mol. The van der Waals surface area contributed by atoms with E-state index in [-0.39, 0.29) is 24.8 Å². The molecule has 1 aliphatic rings. The number of nitrogens with zero attached hydrogens (tertiary/aromatic N) is 5. The Morgan fingerprint density at radius 2 is 2.00 bits per heavy atom. The molecule has 4 aromatic rings. The highest BCUT2D eigenvalue weighted by Crippen LogP contribution is 2.27. The van der Waals surface area contributed by atoms with Crippen LogP contribution in [0.25, 0.3) is 10.9 Å². The van der Waals surface area contributed by atoms with Gasteiger partial charge >= 0.3 is 0 Å². The van der Waals surface area contributed by atoms with Crippen LogP contribution in [0.5, 0.6) is 0 Å². The molecule has 0 bridgehead atoms. The number of anilines is 1. The van der Waals surface area contributed by atoms with Gasteiger partial charge in [-0.05, 0) is 30.9 Å². The van der Waals surface area contributed by atoms with Crippen LogP contribution < -0.4 is 16.6 Å². The highest BCUT2D eigenvalue weighted by molar-refractivity contribution is 7.81. The Morgan fingerprint density at radius 3 is 2.73 bits per heavy atom. The average Bonchev–Trinajstić information content (AvgIpc) is 3.58. The van der Waals surface area contributed by atoms with Gasteiger partial charge in [0.25, 0.3) is 5.56 Å². The molecular weight excluding hydrogens is 492 g/mol. The van der Waals surface area contributed by atoms with Gasteiger partial charge in [0.2, 0.25) is 5.91 Å². The van der Waals surface area contributed by atoms with E-state index < -0.39 is 16.5 Å². The van der Waals surface area contributed by atoms with Crippen molar-refractivity contribution in [3.63, 3.8) is 0 Å². The summed E-state index contributed by atoms with van der Waals surface area (Å²) in [5.74, 6) is 0.130. The lowest BCUT2D eigenvalue weighted by molar-refractivity contribution is -0.121. The van der Waals surface area contributed by atoms with Crippen LogP contribution in [0, 0.1) is 6.92 Å². The van der Waals surface area contributed by atoms with Gasteiger partial charge in [-0.1, -0.05) is 30.3 Å². The highest BCUT2D eigenvalue weighted by atomic mass is 32.2. The Bertz CT molecular complexity index is 1450. The quantitative estimate of drug-likeness (QED) is 0.347. The number of nitrogens with two attached hydrogens (primary N) is 1. The topological polar surface area (TPSA) is 152 Å². The normalized spacial score (nSPS) is 16.2. The lowest BCUT2D eigenvalue weighted by Crippen LogP contribution is -2.34. The largest absolute Gasteiger partial charge is 0.379 e. The Kier molecular flexibility index (Phi) is 8.41. The molecular formula is C25H30N8O3S. The van der Waals surface area contributed by atoms with Gasteiger partial charge in [0.15, 0.2) is 5.82 Å². The van der Waals surface area contributed by atoms with Crippen molar-refractivity contribution in [2.45, 2.75) is 32.4 Å². The zero-order valence-electron chi connectivity index (χ0n) is 20.8. The van der Waals surface area contributed by atoms with Crippen LogP contribution in [0.4, 0.5) is 5.82 Å². The van der Waals surface area contributed by atoms with Crippen molar-refractivity contribution in [2.75, 3.05) is 25.1 Å². The van der Waals surface area contributed by atoms with E-state index in [0.29, 0.717) is 17.3 Å². The highest BCUT2D eigenvalue weighted by Gasteiger charge is 2.25. The molecule has 194 valence electrons. The van der Waals surface area contributed by atoms with Crippen molar-refractivity contribution in [1.82, 2.24) is 34.4 Å². The maximum absolute atomic E-state index is 12.0. The molecule has 2 atom stereocenters. The number of carbonyl (C=O) groups excluding carboxylic acids is 1. The van der Waals surface area contributed by atoms with Gasteiger partial charge in [-0.3, -0.25) is 24.2 Å². The monoisotopic (exact) mass is 522 g/mol. The van der Waals surface area contributed by atoms with E-state index >= 15 is 0 Å². The van der Waals surface area contributed by atoms with E-state index in [1.54, 1.807) is 25.6 Å². The lowest BCUT2D eigenvalue weighted by atomic mass is 9.99. The first-order valence-electron chi connectivity index (χ1n) is 11.8. The number of hydrogen-bond donors (Lipinski definition) is 3. The predicted octanol–water partition coefficient (Wildman–Crippen LogP) is 1.49. The molecule has 4 N–H and O–H groups in total. The molecule has 12 heteroatoms. The summed E-state index contributed by atoms with van der Waals surface area (Å²) in [7, 11) is -0.802. The van der Waals surface area contributed by atoms with Gasteiger partial charge in [0.1, 0.15) is 6.54 Å². The summed E-state index contributed by atoms with van der Waals surface area (Å²) in [5.41, 5.74) is 8.47. The number of aromatic nitrogens is 5. The van der Waals surface area contributed by atoms with E-state index in [0.717, 1.165) is 30.4 Å². The van der Waals surface area contributed by atoms with E-state index in [1.807, 2.05) is 16.4 Å². The SMILES string of the molecule is CS(=O)N1CC[C@@H](c2ccccc2)C1.Cc1cnc(N)c(=O)n1CC(=O)NCc1cc2cn[nH]c2cn1. The minimum absolute atomic E-state index is 0.120. The van der Waals surface area contributed by atoms with Gasteiger partial charge in [-0.2, -0.15) is 5.10 Å². The van der Waals surface area contributed by atoms with Crippen molar-refractivity contribution in [1.29, 1.82) is 0 Å². The molecule has 1 unspecified atom stereocenters. The number of aromatic amines is 1. The minimum atomic E-state index is -0.802. The van der Waals surface area contributed by atoms with Crippen LogP contribution in [0.15, 0.2) is 59.8 Å². The van der Waals surface area contributed by atoms with Crippen molar-refractivity contribution in [3.8, 4) is 0 Å². The van der Waals surface area contributed by atoms with Gasteiger partial charge in [-0.15, -0.1) is 0 Å². The van der Waals surface area contributed by atoms with Gasteiger partial charge < -0.3 is 11.1 Å². The van der Waals surface area contributed by atoms with E-state index in [2.05, 4.69) is 49.7 Å². The number of amides is 1. The van der Waals surface area contributed by atoms with Gasteiger partial charge in [0, 0.05) is 36.6 Å². The van der Waals surface area contributed by atoms with Crippen LogP contribution >= 0.6 is 0 Å².